The number of benzene rings is 1. The molecule has 1 aromatic carbocycles. The van der Waals surface area contributed by atoms with Gasteiger partial charge in [0, 0.05) is 31.5 Å². The zero-order chi connectivity index (χ0) is 13.4. The van der Waals surface area contributed by atoms with Crippen LogP contribution in [-0.4, -0.2) is 16.1 Å². The predicted octanol–water partition coefficient (Wildman–Crippen LogP) is 2.36. The lowest BCUT2D eigenvalue weighted by atomic mass is 9.98. The lowest BCUT2D eigenvalue weighted by Gasteiger charge is -2.30. The van der Waals surface area contributed by atoms with Crippen LogP contribution in [0.25, 0.3) is 0 Å². The van der Waals surface area contributed by atoms with Crippen molar-refractivity contribution in [2.24, 2.45) is 0 Å². The molecule has 0 aliphatic carbocycles. The van der Waals surface area contributed by atoms with Crippen LogP contribution in [0.4, 0.5) is 11.6 Å². The number of aromatic nitrogens is 2. The lowest BCUT2D eigenvalue weighted by molar-refractivity contribution is 0.662. The van der Waals surface area contributed by atoms with Crippen LogP contribution in [0.15, 0.2) is 24.4 Å². The average Bonchev–Trinajstić information content (AvgIpc) is 2.80. The maximum absolute atomic E-state index is 6.05. The smallest absolute Gasteiger partial charge is 0.206 e. The van der Waals surface area contributed by atoms with Crippen LogP contribution in [0.3, 0.4) is 0 Å². The van der Waals surface area contributed by atoms with Gasteiger partial charge < -0.3 is 15.2 Å². The summed E-state index contributed by atoms with van der Waals surface area (Å²) in [5.74, 6) is 1.08. The molecule has 4 nitrogen and oxygen atoms in total. The van der Waals surface area contributed by atoms with Crippen LogP contribution in [0.5, 0.6) is 0 Å². The van der Waals surface area contributed by atoms with Crippen molar-refractivity contribution in [3.8, 4) is 0 Å². The predicted molar refractivity (Wildman–Crippen MR) is 78.2 cm³/mol. The monoisotopic (exact) mass is 256 g/mol. The summed E-state index contributed by atoms with van der Waals surface area (Å²) in [7, 11) is 0. The summed E-state index contributed by atoms with van der Waals surface area (Å²) in [5.41, 5.74) is 10.7. The Hall–Kier alpha value is -1.97. The Morgan fingerprint density at radius 3 is 3.00 bits per heavy atom. The number of hydrogen-bond acceptors (Lipinski definition) is 3. The molecule has 2 N–H and O–H groups in total. The molecular weight excluding hydrogens is 236 g/mol. The van der Waals surface area contributed by atoms with Crippen LogP contribution < -0.4 is 10.6 Å². The van der Waals surface area contributed by atoms with Crippen LogP contribution in [0.2, 0.25) is 0 Å². The fourth-order valence-corrected chi connectivity index (χ4v) is 2.83. The number of nitrogens with two attached hydrogens (primary N) is 1. The number of nitrogen functional groups attached to an aromatic ring is 1. The quantitative estimate of drug-likeness (QED) is 0.839. The summed E-state index contributed by atoms with van der Waals surface area (Å²) in [6.07, 6.45) is 3.11. The SMILES string of the molecule is CCn1cc(C)nc1N1CCc2c(N)cccc2C1. The molecule has 0 amide bonds. The minimum Gasteiger partial charge on any atom is -0.398 e. The largest absolute Gasteiger partial charge is 0.398 e. The van der Waals surface area contributed by atoms with Gasteiger partial charge in [0.15, 0.2) is 0 Å². The third-order valence-corrected chi connectivity index (χ3v) is 3.80. The Bertz CT molecular complexity index is 600. The Balaban J connectivity index is 1.93. The van der Waals surface area contributed by atoms with E-state index in [-0.39, 0.29) is 0 Å². The third kappa shape index (κ3) is 2.07. The molecule has 4 heteroatoms. The zero-order valence-corrected chi connectivity index (χ0v) is 11.6. The molecule has 1 aliphatic rings. The van der Waals surface area contributed by atoms with Crippen molar-refractivity contribution in [3.05, 3.63) is 41.2 Å². The number of anilines is 2. The van der Waals surface area contributed by atoms with Crippen LogP contribution in [0, 0.1) is 6.92 Å². The maximum Gasteiger partial charge on any atom is 0.206 e. The van der Waals surface area contributed by atoms with Gasteiger partial charge in [0.1, 0.15) is 0 Å². The van der Waals surface area contributed by atoms with Crippen LogP contribution in [0.1, 0.15) is 23.7 Å². The van der Waals surface area contributed by atoms with Crippen molar-refractivity contribution >= 4 is 11.6 Å². The van der Waals surface area contributed by atoms with Gasteiger partial charge in [-0.2, -0.15) is 0 Å². The molecule has 1 aromatic heterocycles. The Kier molecular flexibility index (Phi) is 2.93. The average molecular weight is 256 g/mol. The van der Waals surface area contributed by atoms with E-state index in [0.717, 1.165) is 43.4 Å². The zero-order valence-electron chi connectivity index (χ0n) is 11.6. The van der Waals surface area contributed by atoms with E-state index in [1.54, 1.807) is 0 Å². The second kappa shape index (κ2) is 4.61. The number of hydrogen-bond donors (Lipinski definition) is 1. The highest BCUT2D eigenvalue weighted by Crippen LogP contribution is 2.27. The van der Waals surface area contributed by atoms with Crippen molar-refractivity contribution in [2.75, 3.05) is 17.2 Å². The molecule has 0 radical (unpaired) electrons. The first kappa shape index (κ1) is 12.1. The summed E-state index contributed by atoms with van der Waals surface area (Å²) >= 11 is 0. The van der Waals surface area contributed by atoms with E-state index in [1.807, 2.05) is 19.1 Å². The van der Waals surface area contributed by atoms with Crippen molar-refractivity contribution in [1.29, 1.82) is 0 Å². The molecule has 2 aromatic rings. The van der Waals surface area contributed by atoms with Gasteiger partial charge in [0.05, 0.1) is 5.69 Å². The summed E-state index contributed by atoms with van der Waals surface area (Å²) in [6, 6.07) is 6.20. The van der Waals surface area contributed by atoms with Gasteiger partial charge in [0.2, 0.25) is 5.95 Å². The minimum absolute atomic E-state index is 0.900. The van der Waals surface area contributed by atoms with Gasteiger partial charge in [-0.15, -0.1) is 0 Å². The van der Waals surface area contributed by atoms with Gasteiger partial charge >= 0.3 is 0 Å². The minimum atomic E-state index is 0.900. The highest BCUT2D eigenvalue weighted by molar-refractivity contribution is 5.54. The number of imidazole rings is 1. The van der Waals surface area contributed by atoms with E-state index in [0.29, 0.717) is 0 Å². The molecule has 0 bridgehead atoms. The topological polar surface area (TPSA) is 47.1 Å². The van der Waals surface area contributed by atoms with Gasteiger partial charge in [-0.1, -0.05) is 12.1 Å². The van der Waals surface area contributed by atoms with E-state index in [1.165, 1.54) is 11.1 Å². The molecule has 0 spiro atoms. The highest BCUT2D eigenvalue weighted by atomic mass is 15.3. The fraction of sp³-hybridized carbons (Fsp3) is 0.400. The number of rotatable bonds is 2. The Morgan fingerprint density at radius 1 is 1.37 bits per heavy atom. The van der Waals surface area contributed by atoms with Gasteiger partial charge in [0.25, 0.3) is 0 Å². The molecule has 3 rings (SSSR count). The first-order chi connectivity index (χ1) is 9.19. The second-order valence-corrected chi connectivity index (χ2v) is 5.12. The van der Waals surface area contributed by atoms with Crippen LogP contribution in [-0.2, 0) is 19.5 Å². The van der Waals surface area contributed by atoms with E-state index in [4.69, 9.17) is 5.73 Å². The molecule has 0 saturated heterocycles. The fourth-order valence-electron chi connectivity index (χ4n) is 2.83. The summed E-state index contributed by atoms with van der Waals surface area (Å²) in [6.45, 7) is 7.04. The van der Waals surface area contributed by atoms with Crippen LogP contribution >= 0.6 is 0 Å². The van der Waals surface area contributed by atoms with Gasteiger partial charge in [-0.05, 0) is 37.5 Å². The number of fused-ring (bicyclic) bond motifs is 1. The molecule has 19 heavy (non-hydrogen) atoms. The van der Waals surface area contributed by atoms with Crippen molar-refractivity contribution < 1.29 is 0 Å². The number of aryl methyl sites for hydroxylation is 2. The maximum atomic E-state index is 6.05. The summed E-state index contributed by atoms with van der Waals surface area (Å²) in [5, 5.41) is 0. The molecule has 0 unspecified atom stereocenters. The molecule has 0 fully saturated rings. The van der Waals surface area contributed by atoms with E-state index >= 15 is 0 Å². The standard InChI is InChI=1S/C15H20N4/c1-3-18-9-11(2)17-15(18)19-8-7-13-12(10-19)5-4-6-14(13)16/h4-6,9H,3,7-8,10,16H2,1-2H3. The molecule has 100 valence electrons. The molecule has 1 aliphatic heterocycles. The van der Waals surface area contributed by atoms with Crippen molar-refractivity contribution in [3.63, 3.8) is 0 Å². The lowest BCUT2D eigenvalue weighted by Crippen LogP contribution is -2.32. The number of nitrogens with zero attached hydrogens (tertiary/aromatic N) is 3. The summed E-state index contributed by atoms with van der Waals surface area (Å²) < 4.78 is 2.21. The molecule has 0 atom stereocenters. The highest BCUT2D eigenvalue weighted by Gasteiger charge is 2.21. The Labute approximate surface area is 113 Å². The van der Waals surface area contributed by atoms with Crippen molar-refractivity contribution in [2.45, 2.75) is 33.4 Å². The first-order valence-electron chi connectivity index (χ1n) is 6.84. The van der Waals surface area contributed by atoms with Crippen molar-refractivity contribution in [1.82, 2.24) is 9.55 Å². The van der Waals surface area contributed by atoms with E-state index < -0.39 is 0 Å². The molecule has 2 heterocycles. The third-order valence-electron chi connectivity index (χ3n) is 3.80. The first-order valence-corrected chi connectivity index (χ1v) is 6.84. The van der Waals surface area contributed by atoms with E-state index in [2.05, 4.69) is 33.6 Å². The second-order valence-electron chi connectivity index (χ2n) is 5.12. The van der Waals surface area contributed by atoms with E-state index in [9.17, 15) is 0 Å². The molecular formula is C15H20N4. The molecule has 0 saturated carbocycles. The van der Waals surface area contributed by atoms with Gasteiger partial charge in [-0.3, -0.25) is 0 Å². The van der Waals surface area contributed by atoms with Gasteiger partial charge in [-0.25, -0.2) is 4.98 Å². The Morgan fingerprint density at radius 2 is 2.21 bits per heavy atom. The summed E-state index contributed by atoms with van der Waals surface area (Å²) in [4.78, 5) is 7.00. The normalized spacial score (nSPS) is 14.5.